The van der Waals surface area contributed by atoms with E-state index in [0.717, 1.165) is 37.0 Å². The summed E-state index contributed by atoms with van der Waals surface area (Å²) in [5.41, 5.74) is 0. The van der Waals surface area contributed by atoms with Gasteiger partial charge >= 0.3 is 0 Å². The van der Waals surface area contributed by atoms with Crippen molar-refractivity contribution < 1.29 is 13.2 Å². The van der Waals surface area contributed by atoms with Crippen LogP contribution >= 0.6 is 22.9 Å². The van der Waals surface area contributed by atoms with Crippen molar-refractivity contribution in [2.75, 3.05) is 6.54 Å². The number of rotatable bonds is 4. The molecular weight excluding hydrogens is 356 g/mol. The van der Waals surface area contributed by atoms with Crippen molar-refractivity contribution in [3.8, 4) is 0 Å². The Morgan fingerprint density at radius 1 is 1.17 bits per heavy atom. The first kappa shape index (κ1) is 17.2. The van der Waals surface area contributed by atoms with E-state index in [1.807, 2.05) is 0 Å². The van der Waals surface area contributed by atoms with E-state index in [-0.39, 0.29) is 16.2 Å². The second-order valence-electron chi connectivity index (χ2n) is 6.18. The Bertz CT molecular complexity index is 668. The summed E-state index contributed by atoms with van der Waals surface area (Å²) in [5.74, 6) is -0.152. The molecule has 0 bridgehead atoms. The number of thiophene rings is 1. The molecule has 2 aliphatic rings. The molecule has 1 atom stereocenters. The van der Waals surface area contributed by atoms with Gasteiger partial charge in [-0.2, -0.15) is 4.31 Å². The topological polar surface area (TPSA) is 66.5 Å². The third kappa shape index (κ3) is 3.73. The van der Waals surface area contributed by atoms with Gasteiger partial charge in [-0.1, -0.05) is 30.9 Å². The molecule has 2 fully saturated rings. The summed E-state index contributed by atoms with van der Waals surface area (Å²) in [7, 11) is -3.65. The summed E-state index contributed by atoms with van der Waals surface area (Å²) < 4.78 is 27.5. The molecule has 128 valence electrons. The molecule has 23 heavy (non-hydrogen) atoms. The fraction of sp³-hybridized carbons (Fsp3) is 0.667. The molecule has 8 heteroatoms. The molecule has 5 nitrogen and oxygen atoms in total. The number of halogens is 1. The van der Waals surface area contributed by atoms with Crippen LogP contribution in [-0.4, -0.2) is 37.3 Å². The second kappa shape index (κ2) is 7.09. The molecule has 1 aliphatic carbocycles. The number of carbonyl (C=O) groups is 1. The minimum absolute atomic E-state index is 0.152. The van der Waals surface area contributed by atoms with Gasteiger partial charge in [-0.15, -0.1) is 11.3 Å². The lowest BCUT2D eigenvalue weighted by atomic mass is 9.95. The number of nitrogens with zero attached hydrogens (tertiary/aromatic N) is 1. The highest BCUT2D eigenvalue weighted by atomic mass is 35.5. The third-order valence-electron chi connectivity index (χ3n) is 4.57. The fourth-order valence-electron chi connectivity index (χ4n) is 3.39. The summed E-state index contributed by atoms with van der Waals surface area (Å²) in [6.45, 7) is 0.389. The molecule has 1 unspecified atom stereocenters. The minimum Gasteiger partial charge on any atom is -0.352 e. The first-order chi connectivity index (χ1) is 11.0. The first-order valence-electron chi connectivity index (χ1n) is 8.06. The van der Waals surface area contributed by atoms with Gasteiger partial charge in [-0.3, -0.25) is 4.79 Å². The molecule has 0 spiro atoms. The summed E-state index contributed by atoms with van der Waals surface area (Å²) in [5, 5.41) is 3.05. The molecular formula is C15H21ClN2O3S2. The quantitative estimate of drug-likeness (QED) is 0.878. The molecule has 1 aromatic heterocycles. The van der Waals surface area contributed by atoms with E-state index < -0.39 is 16.1 Å². The van der Waals surface area contributed by atoms with E-state index in [4.69, 9.17) is 11.6 Å². The Labute approximate surface area is 146 Å². The van der Waals surface area contributed by atoms with Gasteiger partial charge in [0.25, 0.3) is 10.0 Å². The van der Waals surface area contributed by atoms with Crippen LogP contribution < -0.4 is 5.32 Å². The van der Waals surface area contributed by atoms with Crippen LogP contribution in [0.2, 0.25) is 4.34 Å². The summed E-state index contributed by atoms with van der Waals surface area (Å²) in [4.78, 5) is 12.6. The van der Waals surface area contributed by atoms with Crippen LogP contribution in [0.25, 0.3) is 0 Å². The van der Waals surface area contributed by atoms with E-state index >= 15 is 0 Å². The molecule has 2 heterocycles. The maximum atomic E-state index is 12.8. The van der Waals surface area contributed by atoms with Crippen molar-refractivity contribution in [1.82, 2.24) is 9.62 Å². The number of hydrogen-bond acceptors (Lipinski definition) is 4. The van der Waals surface area contributed by atoms with Crippen molar-refractivity contribution in [1.29, 1.82) is 0 Å². The van der Waals surface area contributed by atoms with Gasteiger partial charge in [0.2, 0.25) is 5.91 Å². The zero-order valence-electron chi connectivity index (χ0n) is 12.8. The van der Waals surface area contributed by atoms with Crippen LogP contribution in [0.4, 0.5) is 0 Å². The van der Waals surface area contributed by atoms with Crippen molar-refractivity contribution >= 4 is 38.9 Å². The highest BCUT2D eigenvalue weighted by Crippen LogP contribution is 2.32. The molecule has 0 aromatic carbocycles. The molecule has 1 saturated heterocycles. The Kier molecular flexibility index (Phi) is 5.30. The Balaban J connectivity index is 1.73. The summed E-state index contributed by atoms with van der Waals surface area (Å²) >= 11 is 6.89. The number of carbonyl (C=O) groups excluding carboxylic acids is 1. The number of hydrogen-bond donors (Lipinski definition) is 1. The van der Waals surface area contributed by atoms with Crippen LogP contribution in [0, 0.1) is 0 Å². The lowest BCUT2D eigenvalue weighted by molar-refractivity contribution is -0.125. The highest BCUT2D eigenvalue weighted by Gasteiger charge is 2.40. The molecule has 1 amide bonds. The molecule has 1 N–H and O–H groups in total. The standard InChI is InChI=1S/C15H21ClN2O3S2/c16-13-8-9-14(22-13)23(20,21)18-10-4-7-12(18)15(19)17-11-5-2-1-3-6-11/h8-9,11-12H,1-7,10H2,(H,17,19). The number of sulfonamides is 1. The van der Waals surface area contributed by atoms with E-state index in [1.54, 1.807) is 6.07 Å². The fourth-order valence-corrected chi connectivity index (χ4v) is 6.65. The van der Waals surface area contributed by atoms with Gasteiger partial charge in [-0.25, -0.2) is 8.42 Å². The average Bonchev–Trinajstić information content (AvgIpc) is 3.17. The van der Waals surface area contributed by atoms with Crippen molar-refractivity contribution in [3.63, 3.8) is 0 Å². The van der Waals surface area contributed by atoms with Gasteiger partial charge in [0.15, 0.2) is 0 Å². The van der Waals surface area contributed by atoms with E-state index in [2.05, 4.69) is 5.32 Å². The molecule has 1 aromatic rings. The third-order valence-corrected chi connectivity index (χ3v) is 8.18. The average molecular weight is 377 g/mol. The zero-order valence-corrected chi connectivity index (χ0v) is 15.2. The Hall–Kier alpha value is -0.630. The van der Waals surface area contributed by atoms with Gasteiger partial charge < -0.3 is 5.32 Å². The van der Waals surface area contributed by atoms with Gasteiger partial charge in [0.1, 0.15) is 10.3 Å². The normalized spacial score (nSPS) is 24.0. The van der Waals surface area contributed by atoms with E-state index in [9.17, 15) is 13.2 Å². The minimum atomic E-state index is -3.65. The maximum Gasteiger partial charge on any atom is 0.253 e. The number of nitrogens with one attached hydrogen (secondary N) is 1. The van der Waals surface area contributed by atoms with Crippen LogP contribution in [0.5, 0.6) is 0 Å². The Morgan fingerprint density at radius 2 is 1.91 bits per heavy atom. The Morgan fingerprint density at radius 3 is 2.57 bits per heavy atom. The van der Waals surface area contributed by atoms with Gasteiger partial charge in [-0.05, 0) is 37.8 Å². The molecule has 3 rings (SSSR count). The first-order valence-corrected chi connectivity index (χ1v) is 10.7. The predicted molar refractivity (Wildman–Crippen MR) is 91.3 cm³/mol. The van der Waals surface area contributed by atoms with E-state index in [1.165, 1.54) is 16.8 Å². The van der Waals surface area contributed by atoms with Crippen LogP contribution in [-0.2, 0) is 14.8 Å². The molecule has 1 saturated carbocycles. The summed E-state index contributed by atoms with van der Waals surface area (Å²) in [6, 6.07) is 2.68. The van der Waals surface area contributed by atoms with E-state index in [0.29, 0.717) is 23.7 Å². The zero-order chi connectivity index (χ0) is 16.4. The van der Waals surface area contributed by atoms with Crippen LogP contribution in [0.15, 0.2) is 16.3 Å². The second-order valence-corrected chi connectivity index (χ2v) is 10.0. The highest BCUT2D eigenvalue weighted by molar-refractivity contribution is 7.91. The SMILES string of the molecule is O=C(NC1CCCCC1)C1CCCN1S(=O)(=O)c1ccc(Cl)s1. The van der Waals surface area contributed by atoms with Crippen molar-refractivity contribution in [3.05, 3.63) is 16.5 Å². The summed E-state index contributed by atoms with van der Waals surface area (Å²) in [6.07, 6.45) is 6.75. The smallest absolute Gasteiger partial charge is 0.253 e. The number of amides is 1. The molecule has 1 aliphatic heterocycles. The monoisotopic (exact) mass is 376 g/mol. The van der Waals surface area contributed by atoms with Crippen molar-refractivity contribution in [2.45, 2.75) is 61.2 Å². The lowest BCUT2D eigenvalue weighted by Crippen LogP contribution is -2.49. The lowest BCUT2D eigenvalue weighted by Gasteiger charge is -2.27. The van der Waals surface area contributed by atoms with Crippen LogP contribution in [0.1, 0.15) is 44.9 Å². The van der Waals surface area contributed by atoms with Gasteiger partial charge in [0.05, 0.1) is 4.34 Å². The van der Waals surface area contributed by atoms with Crippen molar-refractivity contribution in [2.24, 2.45) is 0 Å². The van der Waals surface area contributed by atoms with Crippen LogP contribution in [0.3, 0.4) is 0 Å². The van der Waals surface area contributed by atoms with Gasteiger partial charge in [0, 0.05) is 12.6 Å². The largest absolute Gasteiger partial charge is 0.352 e. The predicted octanol–water partition coefficient (Wildman–Crippen LogP) is 3.00. The molecule has 0 radical (unpaired) electrons. The maximum absolute atomic E-state index is 12.8.